The van der Waals surface area contributed by atoms with Crippen LogP contribution in [0.1, 0.15) is 102 Å². The zero-order valence-corrected chi connectivity index (χ0v) is 18.4. The molecule has 0 bridgehead atoms. The fourth-order valence-corrected chi connectivity index (χ4v) is 3.62. The van der Waals surface area contributed by atoms with Crippen LogP contribution >= 0.6 is 0 Å². The molecule has 0 heterocycles. The van der Waals surface area contributed by atoms with E-state index in [2.05, 4.69) is 6.92 Å². The summed E-state index contributed by atoms with van der Waals surface area (Å²) in [6.07, 6.45) is 13.9. The summed E-state index contributed by atoms with van der Waals surface area (Å²) < 4.78 is 5.99. The minimum Gasteiger partial charge on any atom is -0.481 e. The molecule has 0 saturated heterocycles. The van der Waals surface area contributed by atoms with E-state index in [1.807, 2.05) is 30.3 Å². The summed E-state index contributed by atoms with van der Waals surface area (Å²) >= 11 is 0. The quantitative estimate of drug-likeness (QED) is 0.257. The standard InChI is InChI=1S/C25H42O4/c1-2-3-4-5-11-16-23(26)17-12-6-7-13-18-24(19-20-25(27)28)29-21-22-14-9-8-10-15-22/h8-10,14-15,23-24,26H,2-7,11-13,16-21H2,1H3,(H,27,28). The first-order valence-electron chi connectivity index (χ1n) is 11.7. The zero-order valence-electron chi connectivity index (χ0n) is 18.4. The predicted octanol–water partition coefficient (Wildman–Crippen LogP) is 6.50. The molecule has 0 fully saturated rings. The van der Waals surface area contributed by atoms with Crippen LogP contribution in [-0.4, -0.2) is 28.4 Å². The van der Waals surface area contributed by atoms with Gasteiger partial charge >= 0.3 is 5.97 Å². The van der Waals surface area contributed by atoms with Crippen molar-refractivity contribution in [2.75, 3.05) is 0 Å². The number of unbranched alkanes of at least 4 members (excludes halogenated alkanes) is 7. The summed E-state index contributed by atoms with van der Waals surface area (Å²) in [5, 5.41) is 19.0. The van der Waals surface area contributed by atoms with Gasteiger partial charge in [0.2, 0.25) is 0 Å². The Kier molecular flexibility index (Phi) is 15.4. The Balaban J connectivity index is 2.12. The molecule has 4 nitrogen and oxygen atoms in total. The average Bonchev–Trinajstić information content (AvgIpc) is 2.72. The maximum Gasteiger partial charge on any atom is 0.303 e. The molecule has 2 atom stereocenters. The van der Waals surface area contributed by atoms with Gasteiger partial charge in [0.15, 0.2) is 0 Å². The second-order valence-electron chi connectivity index (χ2n) is 8.20. The van der Waals surface area contributed by atoms with Gasteiger partial charge in [0, 0.05) is 6.42 Å². The fourth-order valence-electron chi connectivity index (χ4n) is 3.62. The highest BCUT2D eigenvalue weighted by atomic mass is 16.5. The van der Waals surface area contributed by atoms with Crippen molar-refractivity contribution in [2.45, 2.75) is 116 Å². The zero-order chi connectivity index (χ0) is 21.2. The number of hydrogen-bond donors (Lipinski definition) is 2. The molecule has 4 heteroatoms. The van der Waals surface area contributed by atoms with Gasteiger partial charge in [-0.25, -0.2) is 0 Å². The Morgan fingerprint density at radius 3 is 2.03 bits per heavy atom. The minimum atomic E-state index is -0.762. The van der Waals surface area contributed by atoms with Crippen LogP contribution < -0.4 is 0 Å². The number of ether oxygens (including phenoxy) is 1. The van der Waals surface area contributed by atoms with Crippen LogP contribution in [0.3, 0.4) is 0 Å². The lowest BCUT2D eigenvalue weighted by Crippen LogP contribution is -2.15. The highest BCUT2D eigenvalue weighted by molar-refractivity contribution is 5.66. The number of hydrogen-bond acceptors (Lipinski definition) is 3. The van der Waals surface area contributed by atoms with Crippen molar-refractivity contribution in [3.63, 3.8) is 0 Å². The maximum absolute atomic E-state index is 10.9. The first kappa shape index (κ1) is 25.6. The molecule has 0 aliphatic carbocycles. The van der Waals surface area contributed by atoms with Crippen LogP contribution in [0.2, 0.25) is 0 Å². The van der Waals surface area contributed by atoms with Gasteiger partial charge in [-0.3, -0.25) is 4.79 Å². The van der Waals surface area contributed by atoms with Gasteiger partial charge in [-0.05, 0) is 31.2 Å². The molecule has 2 unspecified atom stereocenters. The second kappa shape index (κ2) is 17.5. The number of aliphatic carboxylic acids is 1. The minimum absolute atomic E-state index is 0.0000159. The summed E-state index contributed by atoms with van der Waals surface area (Å²) in [4.78, 5) is 10.9. The highest BCUT2D eigenvalue weighted by Gasteiger charge is 2.12. The number of carboxylic acids is 1. The van der Waals surface area contributed by atoms with Gasteiger partial charge < -0.3 is 14.9 Å². The SMILES string of the molecule is CCCCCCCC(O)CCCCCCC(CCC(=O)O)OCc1ccccc1. The van der Waals surface area contributed by atoms with E-state index < -0.39 is 5.97 Å². The number of carbonyl (C=O) groups is 1. The molecule has 1 aromatic rings. The Bertz CT molecular complexity index is 503. The van der Waals surface area contributed by atoms with Crippen LogP contribution in [0, 0.1) is 0 Å². The third-order valence-corrected chi connectivity index (χ3v) is 5.46. The van der Waals surface area contributed by atoms with Crippen molar-refractivity contribution in [3.8, 4) is 0 Å². The molecule has 29 heavy (non-hydrogen) atoms. The highest BCUT2D eigenvalue weighted by Crippen LogP contribution is 2.17. The van der Waals surface area contributed by atoms with Crippen molar-refractivity contribution in [1.29, 1.82) is 0 Å². The van der Waals surface area contributed by atoms with Crippen molar-refractivity contribution < 1.29 is 19.7 Å². The molecule has 0 saturated carbocycles. The lowest BCUT2D eigenvalue weighted by Gasteiger charge is -2.17. The number of aliphatic hydroxyl groups is 1. The van der Waals surface area contributed by atoms with Crippen LogP contribution in [0.5, 0.6) is 0 Å². The van der Waals surface area contributed by atoms with E-state index in [1.165, 1.54) is 25.7 Å². The van der Waals surface area contributed by atoms with Crippen molar-refractivity contribution >= 4 is 5.97 Å². The number of benzene rings is 1. The van der Waals surface area contributed by atoms with Crippen molar-refractivity contribution in [2.24, 2.45) is 0 Å². The first-order valence-corrected chi connectivity index (χ1v) is 11.7. The maximum atomic E-state index is 10.9. The van der Waals surface area contributed by atoms with Gasteiger partial charge in [0.1, 0.15) is 0 Å². The Morgan fingerprint density at radius 1 is 0.862 bits per heavy atom. The third-order valence-electron chi connectivity index (χ3n) is 5.46. The Labute approximate surface area is 177 Å². The second-order valence-corrected chi connectivity index (χ2v) is 8.20. The monoisotopic (exact) mass is 406 g/mol. The first-order chi connectivity index (χ1) is 14.1. The molecular formula is C25H42O4. The molecule has 0 radical (unpaired) electrons. The Hall–Kier alpha value is -1.39. The third kappa shape index (κ3) is 15.2. The summed E-state index contributed by atoms with van der Waals surface area (Å²) in [6.45, 7) is 2.76. The Morgan fingerprint density at radius 2 is 1.45 bits per heavy atom. The van der Waals surface area contributed by atoms with E-state index in [-0.39, 0.29) is 18.6 Å². The largest absolute Gasteiger partial charge is 0.481 e. The number of rotatable bonds is 19. The summed E-state index contributed by atoms with van der Waals surface area (Å²) in [5.41, 5.74) is 1.12. The van der Waals surface area contributed by atoms with Crippen molar-refractivity contribution in [1.82, 2.24) is 0 Å². The van der Waals surface area contributed by atoms with E-state index in [9.17, 15) is 9.90 Å². The van der Waals surface area contributed by atoms with E-state index >= 15 is 0 Å². The number of aliphatic hydroxyl groups excluding tert-OH is 1. The molecule has 0 aliphatic heterocycles. The van der Waals surface area contributed by atoms with Gasteiger partial charge in [-0.15, -0.1) is 0 Å². The summed E-state index contributed by atoms with van der Waals surface area (Å²) in [5.74, 6) is -0.762. The fraction of sp³-hybridized carbons (Fsp3) is 0.720. The molecule has 1 rings (SSSR count). The van der Waals surface area contributed by atoms with E-state index in [0.717, 1.165) is 56.9 Å². The molecule has 0 aliphatic rings. The van der Waals surface area contributed by atoms with E-state index in [1.54, 1.807) is 0 Å². The molecule has 0 spiro atoms. The van der Waals surface area contributed by atoms with Crippen LogP contribution in [0.25, 0.3) is 0 Å². The summed E-state index contributed by atoms with van der Waals surface area (Å²) in [7, 11) is 0. The topological polar surface area (TPSA) is 66.8 Å². The molecule has 2 N–H and O–H groups in total. The lowest BCUT2D eigenvalue weighted by molar-refractivity contribution is -0.138. The number of carboxylic acid groups (broad SMARTS) is 1. The van der Waals surface area contributed by atoms with Gasteiger partial charge in [0.25, 0.3) is 0 Å². The van der Waals surface area contributed by atoms with Gasteiger partial charge in [0.05, 0.1) is 18.8 Å². The van der Waals surface area contributed by atoms with Crippen molar-refractivity contribution in [3.05, 3.63) is 35.9 Å². The molecular weight excluding hydrogens is 364 g/mol. The average molecular weight is 407 g/mol. The molecule has 0 aromatic heterocycles. The predicted molar refractivity (Wildman–Crippen MR) is 119 cm³/mol. The normalized spacial score (nSPS) is 13.3. The molecule has 166 valence electrons. The van der Waals surface area contributed by atoms with Gasteiger partial charge in [-0.1, -0.05) is 95.0 Å². The lowest BCUT2D eigenvalue weighted by atomic mass is 10.0. The molecule has 1 aromatic carbocycles. The van der Waals surface area contributed by atoms with Gasteiger partial charge in [-0.2, -0.15) is 0 Å². The smallest absolute Gasteiger partial charge is 0.303 e. The van der Waals surface area contributed by atoms with Crippen LogP contribution in [0.15, 0.2) is 30.3 Å². The van der Waals surface area contributed by atoms with Crippen LogP contribution in [-0.2, 0) is 16.1 Å². The van der Waals surface area contributed by atoms with E-state index in [0.29, 0.717) is 13.0 Å². The summed E-state index contributed by atoms with van der Waals surface area (Å²) in [6, 6.07) is 10.0. The van der Waals surface area contributed by atoms with E-state index in [4.69, 9.17) is 9.84 Å². The van der Waals surface area contributed by atoms with Crippen LogP contribution in [0.4, 0.5) is 0 Å². The molecule has 0 amide bonds.